The van der Waals surface area contributed by atoms with E-state index >= 15 is 0 Å². The van der Waals surface area contributed by atoms with Crippen LogP contribution in [0.25, 0.3) is 0 Å². The minimum Gasteiger partial charge on any atom is -0.360 e. The minimum absolute atomic E-state index is 0.122. The molecule has 2 rings (SSSR count). The van der Waals surface area contributed by atoms with E-state index in [-0.39, 0.29) is 17.1 Å². The number of anilines is 1. The fraction of sp³-hybridized carbons (Fsp3) is 0.455. The predicted molar refractivity (Wildman–Crippen MR) is 73.9 cm³/mol. The Labute approximate surface area is 117 Å². The summed E-state index contributed by atoms with van der Waals surface area (Å²) in [5.41, 5.74) is -0.290. The van der Waals surface area contributed by atoms with Gasteiger partial charge in [0.2, 0.25) is 0 Å². The number of piperidine rings is 1. The van der Waals surface area contributed by atoms with Crippen molar-refractivity contribution in [1.29, 1.82) is 0 Å². The largest absolute Gasteiger partial charge is 0.360 e. The Bertz CT molecular complexity index is 482. The van der Waals surface area contributed by atoms with E-state index < -0.39 is 9.85 Å². The van der Waals surface area contributed by atoms with E-state index in [1.165, 1.54) is 18.2 Å². The number of halogens is 1. The van der Waals surface area contributed by atoms with Crippen molar-refractivity contribution in [3.8, 4) is 0 Å². The van der Waals surface area contributed by atoms with Gasteiger partial charge in [-0.3, -0.25) is 20.2 Å². The lowest BCUT2D eigenvalue weighted by Gasteiger charge is -2.30. The van der Waals surface area contributed by atoms with Crippen LogP contribution >= 0.6 is 15.9 Å². The van der Waals surface area contributed by atoms with Crippen molar-refractivity contribution in [2.45, 2.75) is 17.7 Å². The van der Waals surface area contributed by atoms with Crippen molar-refractivity contribution in [1.82, 2.24) is 0 Å². The van der Waals surface area contributed by atoms with E-state index in [4.69, 9.17) is 0 Å². The first-order valence-electron chi connectivity index (χ1n) is 5.81. The zero-order valence-electron chi connectivity index (χ0n) is 9.99. The van der Waals surface area contributed by atoms with Gasteiger partial charge in [-0.05, 0) is 18.9 Å². The number of alkyl halides is 1. The molecule has 1 saturated heterocycles. The molecule has 0 aliphatic carbocycles. The first kappa shape index (κ1) is 13.7. The van der Waals surface area contributed by atoms with Crippen molar-refractivity contribution in [3.63, 3.8) is 0 Å². The summed E-state index contributed by atoms with van der Waals surface area (Å²) in [6.45, 7) is 1.14. The number of hydrogen-bond donors (Lipinski definition) is 0. The molecule has 1 aromatic carbocycles. The van der Waals surface area contributed by atoms with E-state index in [9.17, 15) is 20.2 Å². The van der Waals surface area contributed by atoms with E-state index in [0.29, 0.717) is 17.9 Å². The fourth-order valence-corrected chi connectivity index (χ4v) is 2.62. The lowest BCUT2D eigenvalue weighted by atomic mass is 10.1. The molecule has 0 unspecified atom stereocenters. The highest BCUT2D eigenvalue weighted by Gasteiger charge is 2.31. The topological polar surface area (TPSA) is 89.5 Å². The zero-order valence-corrected chi connectivity index (χ0v) is 11.6. The van der Waals surface area contributed by atoms with E-state index in [2.05, 4.69) is 15.9 Å². The quantitative estimate of drug-likeness (QED) is 0.483. The lowest BCUT2D eigenvalue weighted by Crippen LogP contribution is -2.34. The van der Waals surface area contributed by atoms with Gasteiger partial charge >= 0.3 is 0 Å². The van der Waals surface area contributed by atoms with Gasteiger partial charge in [0.1, 0.15) is 0 Å². The summed E-state index contributed by atoms with van der Waals surface area (Å²) in [6, 6.07) is 3.96. The molecule has 0 atom stereocenters. The molecule has 7 nitrogen and oxygen atoms in total. The monoisotopic (exact) mass is 329 g/mol. The Morgan fingerprint density at radius 2 is 1.58 bits per heavy atom. The maximum absolute atomic E-state index is 11.1. The Kier molecular flexibility index (Phi) is 3.98. The number of rotatable bonds is 3. The highest BCUT2D eigenvalue weighted by atomic mass is 79.9. The average Bonchev–Trinajstić information content (AvgIpc) is 2.38. The zero-order chi connectivity index (χ0) is 14.0. The van der Waals surface area contributed by atoms with Gasteiger partial charge in [-0.1, -0.05) is 15.9 Å². The molecule has 0 radical (unpaired) electrons. The second-order valence-electron chi connectivity index (χ2n) is 4.32. The van der Waals surface area contributed by atoms with Gasteiger partial charge in [0.25, 0.3) is 11.4 Å². The Morgan fingerprint density at radius 1 is 1.11 bits per heavy atom. The maximum Gasteiger partial charge on any atom is 0.299 e. The van der Waals surface area contributed by atoms with Crippen LogP contribution in [0.2, 0.25) is 0 Å². The van der Waals surface area contributed by atoms with Gasteiger partial charge in [0.05, 0.1) is 9.85 Å². The summed E-state index contributed by atoms with van der Waals surface area (Å²) in [5.74, 6) is 0. The molecule has 0 aromatic heterocycles. The third-order valence-electron chi connectivity index (χ3n) is 3.13. The average molecular weight is 330 g/mol. The van der Waals surface area contributed by atoms with Crippen LogP contribution in [0.4, 0.5) is 17.1 Å². The maximum atomic E-state index is 11.1. The second-order valence-corrected chi connectivity index (χ2v) is 5.62. The number of hydrogen-bond acceptors (Lipinski definition) is 5. The standard InChI is InChI=1S/C11H12BrN3O4/c12-8-4-6-13(7-5-8)11-9(14(16)17)2-1-3-10(11)15(18)19/h1-3,8H,4-7H2. The molecular formula is C11H12BrN3O4. The van der Waals surface area contributed by atoms with E-state index in [0.717, 1.165) is 12.8 Å². The Morgan fingerprint density at radius 3 is 2.00 bits per heavy atom. The van der Waals surface area contributed by atoms with Crippen LogP contribution in [-0.2, 0) is 0 Å². The summed E-state index contributed by atoms with van der Waals surface area (Å²) in [4.78, 5) is 23.1. The first-order valence-corrected chi connectivity index (χ1v) is 6.73. The highest BCUT2D eigenvalue weighted by molar-refractivity contribution is 9.09. The summed E-state index contributed by atoms with van der Waals surface area (Å²) >= 11 is 3.49. The molecule has 1 aromatic rings. The van der Waals surface area contributed by atoms with Gasteiger partial charge in [-0.2, -0.15) is 0 Å². The molecule has 1 fully saturated rings. The molecule has 0 bridgehead atoms. The van der Waals surface area contributed by atoms with Crippen molar-refractivity contribution in [3.05, 3.63) is 38.4 Å². The van der Waals surface area contributed by atoms with Gasteiger partial charge in [-0.25, -0.2) is 0 Å². The summed E-state index contributed by atoms with van der Waals surface area (Å²) in [5, 5.41) is 22.1. The molecule has 19 heavy (non-hydrogen) atoms. The van der Waals surface area contributed by atoms with Crippen LogP contribution in [0.3, 0.4) is 0 Å². The predicted octanol–water partition coefficient (Wildman–Crippen LogP) is 2.87. The van der Waals surface area contributed by atoms with E-state index in [1.54, 1.807) is 4.90 Å². The summed E-state index contributed by atoms with van der Waals surface area (Å²) < 4.78 is 0. The Balaban J connectivity index is 2.46. The molecule has 102 valence electrons. The van der Waals surface area contributed by atoms with Gasteiger partial charge in [0.15, 0.2) is 5.69 Å². The lowest BCUT2D eigenvalue weighted by molar-refractivity contribution is -0.392. The summed E-state index contributed by atoms with van der Waals surface area (Å²) in [6.07, 6.45) is 1.62. The highest BCUT2D eigenvalue weighted by Crippen LogP contribution is 2.38. The van der Waals surface area contributed by atoms with Crippen molar-refractivity contribution >= 4 is 33.0 Å². The Hall–Kier alpha value is -1.70. The van der Waals surface area contributed by atoms with Crippen molar-refractivity contribution < 1.29 is 9.85 Å². The molecule has 0 spiro atoms. The number of nitro groups is 2. The summed E-state index contributed by atoms with van der Waals surface area (Å²) in [7, 11) is 0. The third kappa shape index (κ3) is 2.83. The number of benzene rings is 1. The normalized spacial score (nSPS) is 16.4. The second kappa shape index (κ2) is 5.52. The van der Waals surface area contributed by atoms with Crippen LogP contribution in [0.1, 0.15) is 12.8 Å². The number of nitrogens with zero attached hydrogens (tertiary/aromatic N) is 3. The van der Waals surface area contributed by atoms with Gasteiger partial charge in [0, 0.05) is 30.0 Å². The molecule has 1 heterocycles. The van der Waals surface area contributed by atoms with Crippen molar-refractivity contribution in [2.75, 3.05) is 18.0 Å². The molecule has 8 heteroatoms. The smallest absolute Gasteiger partial charge is 0.299 e. The molecule has 1 aliphatic rings. The molecule has 0 saturated carbocycles. The van der Waals surface area contributed by atoms with Gasteiger partial charge in [-0.15, -0.1) is 0 Å². The van der Waals surface area contributed by atoms with Gasteiger partial charge < -0.3 is 4.90 Å². The molecular weight excluding hydrogens is 318 g/mol. The van der Waals surface area contributed by atoms with Crippen LogP contribution < -0.4 is 4.90 Å². The fourth-order valence-electron chi connectivity index (χ4n) is 2.21. The molecule has 0 amide bonds. The molecule has 0 N–H and O–H groups in total. The van der Waals surface area contributed by atoms with Crippen LogP contribution in [0.15, 0.2) is 18.2 Å². The minimum atomic E-state index is -0.567. The van der Waals surface area contributed by atoms with Crippen LogP contribution in [0.5, 0.6) is 0 Å². The van der Waals surface area contributed by atoms with E-state index in [1.807, 2.05) is 0 Å². The number of nitro benzene ring substituents is 2. The first-order chi connectivity index (χ1) is 9.00. The SMILES string of the molecule is O=[N+]([O-])c1cccc([N+](=O)[O-])c1N1CCC(Br)CC1. The number of para-hydroxylation sites is 1. The van der Waals surface area contributed by atoms with Crippen molar-refractivity contribution in [2.24, 2.45) is 0 Å². The van der Waals surface area contributed by atoms with Crippen LogP contribution in [0, 0.1) is 20.2 Å². The third-order valence-corrected chi connectivity index (χ3v) is 4.04. The van der Waals surface area contributed by atoms with Crippen LogP contribution in [-0.4, -0.2) is 27.8 Å². The molecule has 1 aliphatic heterocycles.